The monoisotopic (exact) mass is 342 g/mol. The summed E-state index contributed by atoms with van der Waals surface area (Å²) in [6, 6.07) is 9.79. The Kier molecular flexibility index (Phi) is 5.20. The van der Waals surface area contributed by atoms with E-state index >= 15 is 0 Å². The van der Waals surface area contributed by atoms with Gasteiger partial charge in [-0.3, -0.25) is 0 Å². The molecule has 0 amide bonds. The number of anilines is 1. The molecule has 2 N–H and O–H groups in total. The van der Waals surface area contributed by atoms with Crippen molar-refractivity contribution >= 4 is 23.0 Å². The zero-order valence-corrected chi connectivity index (χ0v) is 13.0. The van der Waals surface area contributed by atoms with Gasteiger partial charge in [0.15, 0.2) is 5.11 Å². The summed E-state index contributed by atoms with van der Waals surface area (Å²) in [6.07, 6.45) is -4.54. The molecule has 7 heteroatoms. The smallest absolute Gasteiger partial charge is 0.358 e. The molecule has 0 radical (unpaired) electrons. The maximum absolute atomic E-state index is 13.6. The van der Waals surface area contributed by atoms with Gasteiger partial charge in [-0.25, -0.2) is 4.39 Å². The van der Waals surface area contributed by atoms with E-state index < -0.39 is 17.6 Å². The third-order valence-corrected chi connectivity index (χ3v) is 3.36. The molecule has 0 atom stereocenters. The summed E-state index contributed by atoms with van der Waals surface area (Å²) in [6.45, 7) is 2.34. The van der Waals surface area contributed by atoms with Crippen LogP contribution in [0.4, 0.5) is 23.2 Å². The average Bonchev–Trinajstić information content (AvgIpc) is 2.48. The van der Waals surface area contributed by atoms with E-state index in [-0.39, 0.29) is 10.8 Å². The normalized spacial score (nSPS) is 11.2. The van der Waals surface area contributed by atoms with Gasteiger partial charge in [-0.1, -0.05) is 29.8 Å². The highest BCUT2D eigenvalue weighted by atomic mass is 32.1. The molecule has 0 saturated heterocycles. The number of alkyl halides is 3. The standard InChI is InChI=1S/C16H14F4N2S/c1-10-2-4-11(5-3-10)9-21-15(23)22-14-8-12(16(18,19)20)6-7-13(14)17/h2-8H,9H2,1H3,(H2,21,22,23). The number of halogens is 4. The number of hydrogen-bond donors (Lipinski definition) is 2. The fourth-order valence-corrected chi connectivity index (χ4v) is 2.03. The Morgan fingerprint density at radius 2 is 1.74 bits per heavy atom. The molecule has 0 aliphatic rings. The third kappa shape index (κ3) is 4.92. The van der Waals surface area contributed by atoms with Gasteiger partial charge in [0.25, 0.3) is 0 Å². The van der Waals surface area contributed by atoms with Crippen molar-refractivity contribution in [2.75, 3.05) is 5.32 Å². The molecule has 0 aliphatic heterocycles. The topological polar surface area (TPSA) is 24.1 Å². The van der Waals surface area contributed by atoms with Crippen LogP contribution >= 0.6 is 12.2 Å². The Morgan fingerprint density at radius 1 is 1.09 bits per heavy atom. The summed E-state index contributed by atoms with van der Waals surface area (Å²) >= 11 is 4.99. The van der Waals surface area contributed by atoms with Crippen LogP contribution in [0, 0.1) is 12.7 Å². The molecular formula is C16H14F4N2S. The molecule has 122 valence electrons. The van der Waals surface area contributed by atoms with E-state index in [1.807, 2.05) is 31.2 Å². The lowest BCUT2D eigenvalue weighted by atomic mass is 10.1. The summed E-state index contributed by atoms with van der Waals surface area (Å²) in [5.41, 5.74) is 0.800. The predicted octanol–water partition coefficient (Wildman–Crippen LogP) is 4.64. The summed E-state index contributed by atoms with van der Waals surface area (Å²) < 4.78 is 51.5. The summed E-state index contributed by atoms with van der Waals surface area (Å²) in [4.78, 5) is 0. The fourth-order valence-electron chi connectivity index (χ4n) is 1.85. The minimum Gasteiger partial charge on any atom is -0.358 e. The first kappa shape index (κ1) is 17.2. The molecule has 0 bridgehead atoms. The Morgan fingerprint density at radius 3 is 2.35 bits per heavy atom. The largest absolute Gasteiger partial charge is 0.416 e. The molecule has 2 nitrogen and oxygen atoms in total. The van der Waals surface area contributed by atoms with Crippen LogP contribution < -0.4 is 10.6 Å². The number of aryl methyl sites for hydroxylation is 1. The van der Waals surface area contributed by atoms with Crippen LogP contribution in [0.2, 0.25) is 0 Å². The highest BCUT2D eigenvalue weighted by molar-refractivity contribution is 7.80. The van der Waals surface area contributed by atoms with Gasteiger partial charge in [-0.2, -0.15) is 13.2 Å². The van der Waals surface area contributed by atoms with Gasteiger partial charge in [0, 0.05) is 6.54 Å². The zero-order valence-electron chi connectivity index (χ0n) is 12.2. The Hall–Kier alpha value is -2.15. The van der Waals surface area contributed by atoms with Gasteiger partial charge in [0.1, 0.15) is 5.82 Å². The minimum atomic E-state index is -4.54. The van der Waals surface area contributed by atoms with E-state index in [1.54, 1.807) is 0 Å². The Labute approximate surface area is 136 Å². The van der Waals surface area contributed by atoms with Crippen LogP contribution in [0.25, 0.3) is 0 Å². The molecule has 0 aliphatic carbocycles. The first-order valence-corrected chi connectivity index (χ1v) is 7.13. The van der Waals surface area contributed by atoms with Crippen molar-refractivity contribution in [3.63, 3.8) is 0 Å². The highest BCUT2D eigenvalue weighted by Gasteiger charge is 2.31. The van der Waals surface area contributed by atoms with Gasteiger partial charge in [0.05, 0.1) is 11.3 Å². The lowest BCUT2D eigenvalue weighted by molar-refractivity contribution is -0.137. The lowest BCUT2D eigenvalue weighted by Crippen LogP contribution is -2.28. The van der Waals surface area contributed by atoms with E-state index in [9.17, 15) is 17.6 Å². The van der Waals surface area contributed by atoms with E-state index in [2.05, 4.69) is 10.6 Å². The van der Waals surface area contributed by atoms with Crippen molar-refractivity contribution in [3.8, 4) is 0 Å². The summed E-state index contributed by atoms with van der Waals surface area (Å²) in [7, 11) is 0. The van der Waals surface area contributed by atoms with Crippen molar-refractivity contribution in [3.05, 3.63) is 65.0 Å². The number of hydrogen-bond acceptors (Lipinski definition) is 1. The van der Waals surface area contributed by atoms with Gasteiger partial charge in [-0.05, 0) is 42.9 Å². The molecule has 23 heavy (non-hydrogen) atoms. The van der Waals surface area contributed by atoms with Crippen molar-refractivity contribution in [1.82, 2.24) is 5.32 Å². The molecule has 0 fully saturated rings. The first-order valence-electron chi connectivity index (χ1n) is 6.73. The first-order chi connectivity index (χ1) is 10.8. The number of rotatable bonds is 3. The molecule has 2 aromatic rings. The molecule has 0 spiro atoms. The molecule has 2 rings (SSSR count). The Bertz CT molecular complexity index is 696. The maximum atomic E-state index is 13.6. The van der Waals surface area contributed by atoms with Crippen molar-refractivity contribution in [2.24, 2.45) is 0 Å². The van der Waals surface area contributed by atoms with Crippen molar-refractivity contribution < 1.29 is 17.6 Å². The predicted molar refractivity (Wildman–Crippen MR) is 85.6 cm³/mol. The highest BCUT2D eigenvalue weighted by Crippen LogP contribution is 2.31. The summed E-state index contributed by atoms with van der Waals surface area (Å²) in [5, 5.41) is 5.32. The van der Waals surface area contributed by atoms with Gasteiger partial charge >= 0.3 is 6.18 Å². The van der Waals surface area contributed by atoms with Gasteiger partial charge in [0.2, 0.25) is 0 Å². The zero-order chi connectivity index (χ0) is 17.0. The van der Waals surface area contributed by atoms with Crippen LogP contribution in [0.1, 0.15) is 16.7 Å². The second kappa shape index (κ2) is 6.95. The van der Waals surface area contributed by atoms with Gasteiger partial charge in [-0.15, -0.1) is 0 Å². The van der Waals surface area contributed by atoms with E-state index in [0.717, 1.165) is 17.2 Å². The van der Waals surface area contributed by atoms with E-state index in [4.69, 9.17) is 12.2 Å². The van der Waals surface area contributed by atoms with Crippen molar-refractivity contribution in [2.45, 2.75) is 19.6 Å². The van der Waals surface area contributed by atoms with Crippen LogP contribution in [-0.4, -0.2) is 5.11 Å². The number of benzene rings is 2. The van der Waals surface area contributed by atoms with Crippen LogP contribution in [0.15, 0.2) is 42.5 Å². The minimum absolute atomic E-state index is 0.0452. The maximum Gasteiger partial charge on any atom is 0.416 e. The number of nitrogens with one attached hydrogen (secondary N) is 2. The molecule has 0 aromatic heterocycles. The van der Waals surface area contributed by atoms with Crippen LogP contribution in [0.5, 0.6) is 0 Å². The van der Waals surface area contributed by atoms with E-state index in [0.29, 0.717) is 18.7 Å². The molecule has 0 saturated carbocycles. The third-order valence-electron chi connectivity index (χ3n) is 3.12. The van der Waals surface area contributed by atoms with Crippen molar-refractivity contribution in [1.29, 1.82) is 0 Å². The van der Waals surface area contributed by atoms with Crippen LogP contribution in [0.3, 0.4) is 0 Å². The SMILES string of the molecule is Cc1ccc(CNC(=S)Nc2cc(C(F)(F)F)ccc2F)cc1. The average molecular weight is 342 g/mol. The molecular weight excluding hydrogens is 328 g/mol. The Balaban J connectivity index is 2.01. The second-order valence-electron chi connectivity index (χ2n) is 4.99. The molecule has 2 aromatic carbocycles. The van der Waals surface area contributed by atoms with Crippen LogP contribution in [-0.2, 0) is 12.7 Å². The lowest BCUT2D eigenvalue weighted by Gasteiger charge is -2.13. The fraction of sp³-hybridized carbons (Fsp3) is 0.188. The van der Waals surface area contributed by atoms with E-state index in [1.165, 1.54) is 0 Å². The van der Waals surface area contributed by atoms with Gasteiger partial charge < -0.3 is 10.6 Å². The quantitative estimate of drug-likeness (QED) is 0.628. The molecule has 0 unspecified atom stereocenters. The summed E-state index contributed by atoms with van der Waals surface area (Å²) in [5.74, 6) is -0.808. The molecule has 0 heterocycles. The second-order valence-corrected chi connectivity index (χ2v) is 5.39. The number of thiocarbonyl (C=S) groups is 1.